The second-order valence-corrected chi connectivity index (χ2v) is 4.33. The first-order valence-corrected chi connectivity index (χ1v) is 5.71. The summed E-state index contributed by atoms with van der Waals surface area (Å²) in [6.45, 7) is -0.712. The lowest BCUT2D eigenvalue weighted by atomic mass is 9.78. The molecular weight excluding hydrogens is 235 g/mol. The molecule has 0 saturated carbocycles. The van der Waals surface area contributed by atoms with Crippen molar-refractivity contribution in [3.8, 4) is 0 Å². The maximum Gasteiger partial charge on any atom is 0.127 e. The molecule has 2 N–H and O–H groups in total. The van der Waals surface area contributed by atoms with Crippen LogP contribution in [0.5, 0.6) is 0 Å². The summed E-state index contributed by atoms with van der Waals surface area (Å²) < 4.78 is 19.0. The number of furan rings is 1. The number of benzene rings is 1. The van der Waals surface area contributed by atoms with E-state index in [0.717, 1.165) is 0 Å². The van der Waals surface area contributed by atoms with Gasteiger partial charge in [-0.25, -0.2) is 4.39 Å². The molecule has 0 fully saturated rings. The first-order chi connectivity index (χ1) is 8.72. The van der Waals surface area contributed by atoms with Crippen molar-refractivity contribution >= 4 is 0 Å². The Morgan fingerprint density at radius 2 is 1.78 bits per heavy atom. The third-order valence-corrected chi connectivity index (χ3v) is 3.14. The first-order valence-electron chi connectivity index (χ1n) is 5.71. The fraction of sp³-hybridized carbons (Fsp3) is 0.286. The van der Waals surface area contributed by atoms with Crippen LogP contribution in [0.4, 0.5) is 4.39 Å². The zero-order valence-electron chi connectivity index (χ0n) is 9.84. The van der Waals surface area contributed by atoms with Gasteiger partial charge in [0.25, 0.3) is 0 Å². The molecule has 4 heteroatoms. The summed E-state index contributed by atoms with van der Waals surface area (Å²) in [5.74, 6) is 0.161. The molecule has 1 aromatic heterocycles. The summed E-state index contributed by atoms with van der Waals surface area (Å²) in [5.41, 5.74) is -0.769. The van der Waals surface area contributed by atoms with E-state index in [-0.39, 0.29) is 19.6 Å². The van der Waals surface area contributed by atoms with E-state index < -0.39 is 11.2 Å². The third-order valence-electron chi connectivity index (χ3n) is 3.14. The number of rotatable bonds is 5. The lowest BCUT2D eigenvalue weighted by molar-refractivity contribution is 0.109. The van der Waals surface area contributed by atoms with E-state index in [1.165, 1.54) is 12.3 Å². The number of aliphatic hydroxyl groups excluding tert-OH is 2. The average Bonchev–Trinajstić information content (AvgIpc) is 2.90. The summed E-state index contributed by atoms with van der Waals surface area (Å²) in [4.78, 5) is 0. The Kier molecular flexibility index (Phi) is 3.79. The molecule has 0 spiro atoms. The van der Waals surface area contributed by atoms with Crippen LogP contribution in [0.2, 0.25) is 0 Å². The molecule has 0 aliphatic rings. The first kappa shape index (κ1) is 12.8. The molecule has 0 unspecified atom stereocenters. The topological polar surface area (TPSA) is 53.6 Å². The Labute approximate surface area is 104 Å². The molecule has 0 saturated heterocycles. The molecule has 96 valence electrons. The van der Waals surface area contributed by atoms with Gasteiger partial charge in [0.1, 0.15) is 11.6 Å². The Hall–Kier alpha value is -1.65. The molecule has 0 radical (unpaired) electrons. The lowest BCUT2D eigenvalue weighted by Gasteiger charge is -2.29. The van der Waals surface area contributed by atoms with Gasteiger partial charge in [-0.2, -0.15) is 0 Å². The van der Waals surface area contributed by atoms with E-state index in [1.54, 1.807) is 30.3 Å². The van der Waals surface area contributed by atoms with Crippen LogP contribution in [-0.4, -0.2) is 23.4 Å². The Morgan fingerprint density at radius 3 is 2.33 bits per heavy atom. The van der Waals surface area contributed by atoms with Crippen molar-refractivity contribution in [2.45, 2.75) is 11.8 Å². The minimum Gasteiger partial charge on any atom is -0.469 e. The van der Waals surface area contributed by atoms with Crippen LogP contribution in [0, 0.1) is 5.82 Å². The highest BCUT2D eigenvalue weighted by molar-refractivity contribution is 5.29. The summed E-state index contributed by atoms with van der Waals surface area (Å²) in [5, 5.41) is 19.2. The molecule has 1 aromatic carbocycles. The van der Waals surface area contributed by atoms with Gasteiger partial charge < -0.3 is 14.6 Å². The van der Waals surface area contributed by atoms with Crippen LogP contribution < -0.4 is 0 Å². The predicted octanol–water partition coefficient (Wildman–Crippen LogP) is 1.88. The molecule has 2 rings (SSSR count). The summed E-state index contributed by atoms with van der Waals surface area (Å²) in [6, 6.07) is 9.60. The van der Waals surface area contributed by atoms with Crippen molar-refractivity contribution in [1.29, 1.82) is 0 Å². The van der Waals surface area contributed by atoms with E-state index in [9.17, 15) is 14.6 Å². The van der Waals surface area contributed by atoms with Crippen molar-refractivity contribution in [3.05, 3.63) is 59.8 Å². The van der Waals surface area contributed by atoms with Gasteiger partial charge in [0.15, 0.2) is 0 Å². The van der Waals surface area contributed by atoms with Crippen molar-refractivity contribution in [1.82, 2.24) is 0 Å². The zero-order chi connectivity index (χ0) is 13.0. The third kappa shape index (κ3) is 2.30. The Morgan fingerprint density at radius 1 is 1.06 bits per heavy atom. The number of aliphatic hydroxyl groups is 2. The highest BCUT2D eigenvalue weighted by Gasteiger charge is 2.34. The molecule has 0 aliphatic carbocycles. The molecule has 0 aliphatic heterocycles. The van der Waals surface area contributed by atoms with Crippen molar-refractivity contribution in [2.75, 3.05) is 13.2 Å². The van der Waals surface area contributed by atoms with Crippen molar-refractivity contribution in [2.24, 2.45) is 0 Å². The minimum atomic E-state index is -1.07. The quantitative estimate of drug-likeness (QED) is 0.852. The summed E-state index contributed by atoms with van der Waals surface area (Å²) in [6.07, 6.45) is 1.75. The summed E-state index contributed by atoms with van der Waals surface area (Å²) >= 11 is 0. The van der Waals surface area contributed by atoms with Crippen LogP contribution in [0.25, 0.3) is 0 Å². The molecule has 0 bridgehead atoms. The highest BCUT2D eigenvalue weighted by Crippen LogP contribution is 2.30. The highest BCUT2D eigenvalue weighted by atomic mass is 19.1. The second-order valence-electron chi connectivity index (χ2n) is 4.33. The van der Waals surface area contributed by atoms with Crippen LogP contribution in [0.3, 0.4) is 0 Å². The number of halogens is 1. The van der Waals surface area contributed by atoms with Gasteiger partial charge in [0, 0.05) is 6.42 Å². The monoisotopic (exact) mass is 250 g/mol. The fourth-order valence-corrected chi connectivity index (χ4v) is 2.07. The van der Waals surface area contributed by atoms with E-state index in [1.807, 2.05) is 0 Å². The molecule has 0 atom stereocenters. The van der Waals surface area contributed by atoms with Gasteiger partial charge in [0.2, 0.25) is 0 Å². The Bertz CT molecular complexity index is 490. The van der Waals surface area contributed by atoms with Crippen LogP contribution >= 0.6 is 0 Å². The molecule has 0 amide bonds. The van der Waals surface area contributed by atoms with Crippen molar-refractivity contribution < 1.29 is 19.0 Å². The largest absolute Gasteiger partial charge is 0.469 e. The van der Waals surface area contributed by atoms with E-state index in [4.69, 9.17) is 4.42 Å². The standard InChI is InChI=1S/C14H15FO3/c15-13-6-2-1-5-12(13)14(9-16,10-17)8-11-4-3-7-18-11/h1-7,16-17H,8-10H2. The summed E-state index contributed by atoms with van der Waals surface area (Å²) in [7, 11) is 0. The normalized spacial score (nSPS) is 11.7. The second kappa shape index (κ2) is 5.33. The Balaban J connectivity index is 2.40. The van der Waals surface area contributed by atoms with Crippen LogP contribution in [0.1, 0.15) is 11.3 Å². The maximum absolute atomic E-state index is 13.8. The van der Waals surface area contributed by atoms with Crippen LogP contribution in [0.15, 0.2) is 47.1 Å². The van der Waals surface area contributed by atoms with Gasteiger partial charge in [-0.1, -0.05) is 18.2 Å². The van der Waals surface area contributed by atoms with Gasteiger partial charge in [-0.15, -0.1) is 0 Å². The van der Waals surface area contributed by atoms with Crippen molar-refractivity contribution in [3.63, 3.8) is 0 Å². The molecule has 3 nitrogen and oxygen atoms in total. The minimum absolute atomic E-state index is 0.244. The molecule has 2 aromatic rings. The maximum atomic E-state index is 13.8. The van der Waals surface area contributed by atoms with E-state index >= 15 is 0 Å². The van der Waals surface area contributed by atoms with Gasteiger partial charge in [-0.3, -0.25) is 0 Å². The SMILES string of the molecule is OCC(CO)(Cc1ccco1)c1ccccc1F. The lowest BCUT2D eigenvalue weighted by Crippen LogP contribution is -2.38. The molecule has 18 heavy (non-hydrogen) atoms. The smallest absolute Gasteiger partial charge is 0.127 e. The van der Waals surface area contributed by atoms with Gasteiger partial charge in [0.05, 0.1) is 24.9 Å². The van der Waals surface area contributed by atoms with Gasteiger partial charge in [-0.05, 0) is 23.8 Å². The van der Waals surface area contributed by atoms with Gasteiger partial charge >= 0.3 is 0 Å². The average molecular weight is 250 g/mol. The van der Waals surface area contributed by atoms with Crippen LogP contribution in [-0.2, 0) is 11.8 Å². The molecular formula is C14H15FO3. The number of hydrogen-bond donors (Lipinski definition) is 2. The zero-order valence-corrected chi connectivity index (χ0v) is 9.84. The molecule has 1 heterocycles. The predicted molar refractivity (Wildman–Crippen MR) is 64.7 cm³/mol. The fourth-order valence-electron chi connectivity index (χ4n) is 2.07. The van der Waals surface area contributed by atoms with E-state index in [2.05, 4.69) is 0 Å². The number of hydrogen-bond acceptors (Lipinski definition) is 3. The van der Waals surface area contributed by atoms with E-state index in [0.29, 0.717) is 11.3 Å².